The highest BCUT2D eigenvalue weighted by Crippen LogP contribution is 2.20. The number of rotatable bonds is 2. The third kappa shape index (κ3) is 1.76. The minimum absolute atomic E-state index is 0.493. The zero-order chi connectivity index (χ0) is 10.8. The standard InChI is InChI=1S/C11H12ClN3/c1-8-10(12)7-14-15(8)11-5-3-2-4-9(11)6-13/h2-5,7H,6,13H2,1H3. The Labute approximate surface area is 93.5 Å². The Morgan fingerprint density at radius 1 is 1.40 bits per heavy atom. The monoisotopic (exact) mass is 221 g/mol. The van der Waals surface area contributed by atoms with E-state index in [1.807, 2.05) is 35.9 Å². The van der Waals surface area contributed by atoms with E-state index in [1.165, 1.54) is 0 Å². The number of benzene rings is 1. The second-order valence-electron chi connectivity index (χ2n) is 3.32. The number of nitrogens with zero attached hydrogens (tertiary/aromatic N) is 2. The molecule has 0 spiro atoms. The van der Waals surface area contributed by atoms with Gasteiger partial charge in [-0.3, -0.25) is 0 Å². The molecule has 0 saturated heterocycles. The van der Waals surface area contributed by atoms with Gasteiger partial charge in [-0.1, -0.05) is 29.8 Å². The molecule has 1 aromatic carbocycles. The average molecular weight is 222 g/mol. The lowest BCUT2D eigenvalue weighted by molar-refractivity contribution is 0.829. The van der Waals surface area contributed by atoms with Crippen LogP contribution < -0.4 is 5.73 Å². The first kappa shape index (κ1) is 10.2. The van der Waals surface area contributed by atoms with E-state index in [0.717, 1.165) is 16.9 Å². The van der Waals surface area contributed by atoms with Crippen molar-refractivity contribution >= 4 is 11.6 Å². The lowest BCUT2D eigenvalue weighted by Crippen LogP contribution is -2.06. The summed E-state index contributed by atoms with van der Waals surface area (Å²) in [4.78, 5) is 0. The van der Waals surface area contributed by atoms with E-state index in [0.29, 0.717) is 11.6 Å². The molecule has 0 amide bonds. The van der Waals surface area contributed by atoms with E-state index in [-0.39, 0.29) is 0 Å². The molecule has 4 heteroatoms. The molecular formula is C11H12ClN3. The highest BCUT2D eigenvalue weighted by molar-refractivity contribution is 6.31. The average Bonchev–Trinajstić information content (AvgIpc) is 2.60. The SMILES string of the molecule is Cc1c(Cl)cnn1-c1ccccc1CN. The van der Waals surface area contributed by atoms with Gasteiger partial charge in [0.1, 0.15) is 0 Å². The molecule has 3 nitrogen and oxygen atoms in total. The highest BCUT2D eigenvalue weighted by atomic mass is 35.5. The first-order valence-corrected chi connectivity index (χ1v) is 5.10. The number of hydrogen-bond donors (Lipinski definition) is 1. The molecule has 1 aromatic heterocycles. The molecule has 0 radical (unpaired) electrons. The Bertz CT molecular complexity index is 476. The molecule has 0 unspecified atom stereocenters. The second-order valence-corrected chi connectivity index (χ2v) is 3.73. The summed E-state index contributed by atoms with van der Waals surface area (Å²) in [5, 5.41) is 4.89. The summed E-state index contributed by atoms with van der Waals surface area (Å²) in [6.07, 6.45) is 1.64. The molecule has 0 atom stereocenters. The molecule has 78 valence electrons. The number of aromatic nitrogens is 2. The number of halogens is 1. The molecule has 0 aliphatic rings. The van der Waals surface area contributed by atoms with Crippen molar-refractivity contribution in [3.05, 3.63) is 46.7 Å². The van der Waals surface area contributed by atoms with Crippen molar-refractivity contribution in [1.82, 2.24) is 9.78 Å². The van der Waals surface area contributed by atoms with Gasteiger partial charge in [0.2, 0.25) is 0 Å². The van der Waals surface area contributed by atoms with E-state index in [9.17, 15) is 0 Å². The number of hydrogen-bond acceptors (Lipinski definition) is 2. The largest absolute Gasteiger partial charge is 0.326 e. The van der Waals surface area contributed by atoms with Crippen LogP contribution in [0, 0.1) is 6.92 Å². The van der Waals surface area contributed by atoms with E-state index >= 15 is 0 Å². The maximum absolute atomic E-state index is 5.96. The molecule has 2 N–H and O–H groups in total. The van der Waals surface area contributed by atoms with Crippen LogP contribution in [-0.4, -0.2) is 9.78 Å². The van der Waals surface area contributed by atoms with Crippen LogP contribution in [0.4, 0.5) is 0 Å². The summed E-state index contributed by atoms with van der Waals surface area (Å²) >= 11 is 5.96. The molecule has 0 aliphatic heterocycles. The van der Waals surface area contributed by atoms with E-state index in [2.05, 4.69) is 5.10 Å². The minimum atomic E-state index is 0.493. The van der Waals surface area contributed by atoms with Gasteiger partial charge in [-0.2, -0.15) is 5.10 Å². The fraction of sp³-hybridized carbons (Fsp3) is 0.182. The first-order valence-electron chi connectivity index (χ1n) is 4.72. The molecule has 1 heterocycles. The third-order valence-electron chi connectivity index (χ3n) is 2.39. The van der Waals surface area contributed by atoms with Crippen LogP contribution in [0.1, 0.15) is 11.3 Å². The molecule has 0 aliphatic carbocycles. The van der Waals surface area contributed by atoms with Crippen LogP contribution in [0.3, 0.4) is 0 Å². The van der Waals surface area contributed by atoms with Crippen molar-refractivity contribution < 1.29 is 0 Å². The van der Waals surface area contributed by atoms with Crippen molar-refractivity contribution in [2.24, 2.45) is 5.73 Å². The summed E-state index contributed by atoms with van der Waals surface area (Å²) < 4.78 is 1.81. The molecule has 0 bridgehead atoms. The first-order chi connectivity index (χ1) is 7.24. The van der Waals surface area contributed by atoms with Crippen molar-refractivity contribution in [3.63, 3.8) is 0 Å². The van der Waals surface area contributed by atoms with Gasteiger partial charge in [-0.05, 0) is 18.6 Å². The lowest BCUT2D eigenvalue weighted by atomic mass is 10.2. The normalized spacial score (nSPS) is 10.6. The Morgan fingerprint density at radius 2 is 2.13 bits per heavy atom. The Balaban J connectivity index is 2.58. The molecule has 2 aromatic rings. The predicted molar refractivity (Wildman–Crippen MR) is 61.2 cm³/mol. The summed E-state index contributed by atoms with van der Waals surface area (Å²) in [7, 11) is 0. The maximum Gasteiger partial charge on any atom is 0.0819 e. The van der Waals surface area contributed by atoms with Gasteiger partial charge in [-0.15, -0.1) is 0 Å². The maximum atomic E-state index is 5.96. The Morgan fingerprint density at radius 3 is 2.73 bits per heavy atom. The molecule has 0 saturated carbocycles. The second kappa shape index (κ2) is 4.04. The molecule has 2 rings (SSSR count). The van der Waals surface area contributed by atoms with Crippen LogP contribution >= 0.6 is 11.6 Å². The smallest absolute Gasteiger partial charge is 0.0819 e. The van der Waals surface area contributed by atoms with Gasteiger partial charge < -0.3 is 5.73 Å². The van der Waals surface area contributed by atoms with Gasteiger partial charge in [-0.25, -0.2) is 4.68 Å². The van der Waals surface area contributed by atoms with Gasteiger partial charge in [0.05, 0.1) is 22.6 Å². The third-order valence-corrected chi connectivity index (χ3v) is 2.76. The van der Waals surface area contributed by atoms with Crippen LogP contribution in [-0.2, 0) is 6.54 Å². The highest BCUT2D eigenvalue weighted by Gasteiger charge is 2.08. The lowest BCUT2D eigenvalue weighted by Gasteiger charge is -2.09. The van der Waals surface area contributed by atoms with Gasteiger partial charge in [0.25, 0.3) is 0 Å². The van der Waals surface area contributed by atoms with Crippen molar-refractivity contribution in [2.75, 3.05) is 0 Å². The predicted octanol–water partition coefficient (Wildman–Crippen LogP) is 2.29. The summed E-state index contributed by atoms with van der Waals surface area (Å²) in [5.41, 5.74) is 8.65. The number of nitrogens with two attached hydrogens (primary N) is 1. The summed E-state index contributed by atoms with van der Waals surface area (Å²) in [6, 6.07) is 7.90. The van der Waals surface area contributed by atoms with Crippen molar-refractivity contribution in [2.45, 2.75) is 13.5 Å². The fourth-order valence-electron chi connectivity index (χ4n) is 1.52. The van der Waals surface area contributed by atoms with Crippen LogP contribution in [0.2, 0.25) is 5.02 Å². The summed E-state index contributed by atoms with van der Waals surface area (Å²) in [5.74, 6) is 0. The Hall–Kier alpha value is -1.32. The quantitative estimate of drug-likeness (QED) is 0.846. The minimum Gasteiger partial charge on any atom is -0.326 e. The van der Waals surface area contributed by atoms with Crippen LogP contribution in [0.15, 0.2) is 30.5 Å². The van der Waals surface area contributed by atoms with Gasteiger partial charge >= 0.3 is 0 Å². The molecule has 0 fully saturated rings. The topological polar surface area (TPSA) is 43.8 Å². The molecule has 15 heavy (non-hydrogen) atoms. The Kier molecular flexibility index (Phi) is 2.75. The fourth-order valence-corrected chi connectivity index (χ4v) is 1.65. The van der Waals surface area contributed by atoms with E-state index in [4.69, 9.17) is 17.3 Å². The van der Waals surface area contributed by atoms with Crippen LogP contribution in [0.5, 0.6) is 0 Å². The number of para-hydroxylation sites is 1. The van der Waals surface area contributed by atoms with Crippen molar-refractivity contribution in [3.8, 4) is 5.69 Å². The zero-order valence-corrected chi connectivity index (χ0v) is 9.20. The van der Waals surface area contributed by atoms with Gasteiger partial charge in [0.15, 0.2) is 0 Å². The van der Waals surface area contributed by atoms with Gasteiger partial charge in [0, 0.05) is 6.54 Å². The molecular weight excluding hydrogens is 210 g/mol. The van der Waals surface area contributed by atoms with E-state index in [1.54, 1.807) is 6.20 Å². The van der Waals surface area contributed by atoms with E-state index < -0.39 is 0 Å². The zero-order valence-electron chi connectivity index (χ0n) is 8.44. The van der Waals surface area contributed by atoms with Crippen molar-refractivity contribution in [1.29, 1.82) is 0 Å². The summed E-state index contributed by atoms with van der Waals surface area (Å²) in [6.45, 7) is 2.43. The van der Waals surface area contributed by atoms with Crippen LogP contribution in [0.25, 0.3) is 5.69 Å².